The van der Waals surface area contributed by atoms with E-state index in [0.717, 1.165) is 31.4 Å². The highest BCUT2D eigenvalue weighted by Crippen LogP contribution is 2.37. The van der Waals surface area contributed by atoms with Crippen molar-refractivity contribution in [3.63, 3.8) is 0 Å². The molecule has 1 aromatic rings. The van der Waals surface area contributed by atoms with E-state index in [2.05, 4.69) is 10.6 Å². The van der Waals surface area contributed by atoms with Gasteiger partial charge in [-0.05, 0) is 31.7 Å². The molecule has 0 bridgehead atoms. The monoisotopic (exact) mass is 295 g/mol. The molecule has 108 valence electrons. The second-order valence-corrected chi connectivity index (χ2v) is 5.83. The minimum atomic E-state index is -0.157. The number of anilines is 2. The number of hydrogen-bond donors (Lipinski definition) is 3. The number of hydrogen-bond acceptors (Lipinski definition) is 4. The molecule has 6 heteroatoms. The average molecular weight is 296 g/mol. The second-order valence-electron chi connectivity index (χ2n) is 5.42. The van der Waals surface area contributed by atoms with E-state index in [1.165, 1.54) is 0 Å². The summed E-state index contributed by atoms with van der Waals surface area (Å²) in [5.74, 6) is 0.500. The van der Waals surface area contributed by atoms with Crippen LogP contribution >= 0.6 is 11.6 Å². The minimum absolute atomic E-state index is 0.0480. The summed E-state index contributed by atoms with van der Waals surface area (Å²) in [7, 11) is 0. The first kappa shape index (κ1) is 13.5. The highest BCUT2D eigenvalue weighted by Gasteiger charge is 2.22. The van der Waals surface area contributed by atoms with Crippen molar-refractivity contribution in [1.82, 2.24) is 0 Å². The third-order valence-corrected chi connectivity index (χ3v) is 4.15. The summed E-state index contributed by atoms with van der Waals surface area (Å²) in [6.07, 6.45) is 4.16. The number of amides is 1. The number of halogens is 1. The van der Waals surface area contributed by atoms with Crippen molar-refractivity contribution in [3.8, 4) is 5.75 Å². The van der Waals surface area contributed by atoms with Gasteiger partial charge in [0.05, 0.1) is 16.4 Å². The molecule has 0 atom stereocenters. The van der Waals surface area contributed by atoms with Gasteiger partial charge in [-0.25, -0.2) is 0 Å². The van der Waals surface area contributed by atoms with Gasteiger partial charge in [0.15, 0.2) is 6.61 Å². The van der Waals surface area contributed by atoms with Crippen molar-refractivity contribution in [3.05, 3.63) is 17.2 Å². The van der Waals surface area contributed by atoms with E-state index in [9.17, 15) is 4.79 Å². The quantitative estimate of drug-likeness (QED) is 0.783. The third kappa shape index (κ3) is 2.83. The molecule has 1 aromatic carbocycles. The number of fused-ring (bicyclic) bond motifs is 1. The zero-order chi connectivity index (χ0) is 14.1. The van der Waals surface area contributed by atoms with E-state index in [1.807, 2.05) is 6.07 Å². The van der Waals surface area contributed by atoms with Crippen molar-refractivity contribution in [2.45, 2.75) is 37.8 Å². The van der Waals surface area contributed by atoms with Gasteiger partial charge in [-0.3, -0.25) is 4.79 Å². The van der Waals surface area contributed by atoms with Gasteiger partial charge in [-0.15, -0.1) is 0 Å². The Labute approximate surface area is 122 Å². The van der Waals surface area contributed by atoms with Crippen LogP contribution in [0, 0.1) is 0 Å². The number of nitrogens with two attached hydrogens (primary N) is 1. The van der Waals surface area contributed by atoms with Gasteiger partial charge in [-0.2, -0.15) is 0 Å². The first-order valence-electron chi connectivity index (χ1n) is 6.90. The van der Waals surface area contributed by atoms with E-state index in [0.29, 0.717) is 28.5 Å². The highest BCUT2D eigenvalue weighted by molar-refractivity contribution is 6.33. The van der Waals surface area contributed by atoms with Crippen LogP contribution in [0.1, 0.15) is 25.7 Å². The third-order valence-electron chi connectivity index (χ3n) is 3.83. The lowest BCUT2D eigenvalue weighted by molar-refractivity contribution is -0.118. The predicted octanol–water partition coefficient (Wildman–Crippen LogP) is 2.35. The van der Waals surface area contributed by atoms with Gasteiger partial charge in [-0.1, -0.05) is 11.6 Å². The standard InChI is InChI=1S/C14H18ClN3O2/c15-10-5-12-13(20-7-14(19)18-12)6-11(10)17-9-3-1-8(16)2-4-9/h5-6,8-9,17H,1-4,7,16H2,(H,18,19). The SMILES string of the molecule is NC1CCC(Nc2cc3c(cc2Cl)NC(=O)CO3)CC1. The summed E-state index contributed by atoms with van der Waals surface area (Å²) in [6, 6.07) is 4.30. The number of carbonyl (C=O) groups is 1. The zero-order valence-corrected chi connectivity index (χ0v) is 11.9. The van der Waals surface area contributed by atoms with Crippen LogP contribution in [0.4, 0.5) is 11.4 Å². The van der Waals surface area contributed by atoms with Gasteiger partial charge in [0, 0.05) is 18.2 Å². The Morgan fingerprint density at radius 1 is 1.30 bits per heavy atom. The maximum Gasteiger partial charge on any atom is 0.262 e. The summed E-state index contributed by atoms with van der Waals surface area (Å²) in [4.78, 5) is 11.3. The maximum atomic E-state index is 11.3. The molecule has 0 radical (unpaired) electrons. The maximum absolute atomic E-state index is 11.3. The molecule has 0 aromatic heterocycles. The summed E-state index contributed by atoms with van der Waals surface area (Å²) < 4.78 is 5.41. The fourth-order valence-electron chi connectivity index (χ4n) is 2.69. The fraction of sp³-hybridized carbons (Fsp3) is 0.500. The molecular formula is C14H18ClN3O2. The number of nitrogens with one attached hydrogen (secondary N) is 2. The Kier molecular flexibility index (Phi) is 3.72. The second kappa shape index (κ2) is 5.50. The Hall–Kier alpha value is -1.46. The van der Waals surface area contributed by atoms with Gasteiger partial charge in [0.2, 0.25) is 0 Å². The van der Waals surface area contributed by atoms with Crippen LogP contribution in [0.3, 0.4) is 0 Å². The highest BCUT2D eigenvalue weighted by atomic mass is 35.5. The molecule has 1 aliphatic carbocycles. The summed E-state index contributed by atoms with van der Waals surface area (Å²) >= 11 is 6.26. The van der Waals surface area contributed by atoms with Crippen molar-refractivity contribution in [2.75, 3.05) is 17.2 Å². The molecule has 1 heterocycles. The van der Waals surface area contributed by atoms with Crippen molar-refractivity contribution >= 4 is 28.9 Å². The Bertz CT molecular complexity index is 527. The summed E-state index contributed by atoms with van der Waals surface area (Å²) in [6.45, 7) is 0.0480. The van der Waals surface area contributed by atoms with Crippen LogP contribution in [0.2, 0.25) is 5.02 Å². The van der Waals surface area contributed by atoms with Crippen molar-refractivity contribution in [1.29, 1.82) is 0 Å². The van der Waals surface area contributed by atoms with Crippen LogP contribution in [-0.4, -0.2) is 24.6 Å². The molecule has 1 aliphatic heterocycles. The Morgan fingerprint density at radius 2 is 2.05 bits per heavy atom. The molecule has 0 spiro atoms. The van der Waals surface area contributed by atoms with Gasteiger partial charge < -0.3 is 21.1 Å². The molecule has 4 N–H and O–H groups in total. The first-order chi connectivity index (χ1) is 9.61. The number of benzene rings is 1. The number of carbonyl (C=O) groups excluding carboxylic acids is 1. The fourth-order valence-corrected chi connectivity index (χ4v) is 2.91. The van der Waals surface area contributed by atoms with E-state index >= 15 is 0 Å². The van der Waals surface area contributed by atoms with E-state index in [1.54, 1.807) is 6.07 Å². The lowest BCUT2D eigenvalue weighted by Crippen LogP contribution is -2.33. The predicted molar refractivity (Wildman–Crippen MR) is 79.4 cm³/mol. The van der Waals surface area contributed by atoms with Crippen LogP contribution in [0.15, 0.2) is 12.1 Å². The smallest absolute Gasteiger partial charge is 0.262 e. The van der Waals surface area contributed by atoms with Crippen LogP contribution in [0.5, 0.6) is 5.75 Å². The molecule has 5 nitrogen and oxygen atoms in total. The molecule has 0 saturated heterocycles. The van der Waals surface area contributed by atoms with Crippen molar-refractivity contribution < 1.29 is 9.53 Å². The normalized spacial score (nSPS) is 25.4. The van der Waals surface area contributed by atoms with E-state index in [-0.39, 0.29) is 12.5 Å². The summed E-state index contributed by atoms with van der Waals surface area (Å²) in [5.41, 5.74) is 7.39. The lowest BCUT2D eigenvalue weighted by Gasteiger charge is -2.28. The topological polar surface area (TPSA) is 76.4 Å². The Morgan fingerprint density at radius 3 is 2.80 bits per heavy atom. The molecule has 1 fully saturated rings. The number of ether oxygens (including phenoxy) is 1. The van der Waals surface area contributed by atoms with Gasteiger partial charge in [0.1, 0.15) is 5.75 Å². The van der Waals surface area contributed by atoms with Crippen LogP contribution < -0.4 is 21.1 Å². The molecule has 20 heavy (non-hydrogen) atoms. The molecule has 0 unspecified atom stereocenters. The van der Waals surface area contributed by atoms with Gasteiger partial charge >= 0.3 is 0 Å². The molecular weight excluding hydrogens is 278 g/mol. The minimum Gasteiger partial charge on any atom is -0.482 e. The summed E-state index contributed by atoms with van der Waals surface area (Å²) in [5, 5.41) is 6.78. The van der Waals surface area contributed by atoms with Crippen LogP contribution in [-0.2, 0) is 4.79 Å². The lowest BCUT2D eigenvalue weighted by atomic mass is 9.91. The van der Waals surface area contributed by atoms with Crippen LogP contribution in [0.25, 0.3) is 0 Å². The van der Waals surface area contributed by atoms with Gasteiger partial charge in [0.25, 0.3) is 5.91 Å². The number of rotatable bonds is 2. The largest absolute Gasteiger partial charge is 0.482 e. The average Bonchev–Trinajstić information content (AvgIpc) is 2.42. The first-order valence-corrected chi connectivity index (χ1v) is 7.28. The van der Waals surface area contributed by atoms with E-state index in [4.69, 9.17) is 22.1 Å². The Balaban J connectivity index is 1.75. The molecule has 1 saturated carbocycles. The molecule has 1 amide bonds. The van der Waals surface area contributed by atoms with Crippen molar-refractivity contribution in [2.24, 2.45) is 5.73 Å². The zero-order valence-electron chi connectivity index (χ0n) is 11.1. The van der Waals surface area contributed by atoms with E-state index < -0.39 is 0 Å². The molecule has 2 aliphatic rings. The molecule has 3 rings (SSSR count).